The third kappa shape index (κ3) is 4.74. The van der Waals surface area contributed by atoms with Gasteiger partial charge in [0.2, 0.25) is 0 Å². The molecule has 0 radical (unpaired) electrons. The lowest BCUT2D eigenvalue weighted by atomic mass is 10.1. The molecule has 5 heteroatoms. The molecule has 0 aliphatic heterocycles. The Morgan fingerprint density at radius 1 is 1.41 bits per heavy atom. The average Bonchev–Trinajstić information content (AvgIpc) is 2.32. The van der Waals surface area contributed by atoms with Gasteiger partial charge in [-0.1, -0.05) is 17.3 Å². The first kappa shape index (κ1) is 13.3. The maximum absolute atomic E-state index is 8.45. The van der Waals surface area contributed by atoms with Crippen molar-refractivity contribution in [2.45, 2.75) is 19.4 Å². The predicted molar refractivity (Wildman–Crippen MR) is 65.5 cm³/mol. The van der Waals surface area contributed by atoms with Gasteiger partial charge >= 0.3 is 0 Å². The molecule has 0 saturated carbocycles. The summed E-state index contributed by atoms with van der Waals surface area (Å²) in [5, 5.41) is 11.4. The van der Waals surface area contributed by atoms with E-state index in [4.69, 9.17) is 20.4 Å². The number of rotatable bonds is 6. The van der Waals surface area contributed by atoms with Crippen molar-refractivity contribution < 1.29 is 14.7 Å². The van der Waals surface area contributed by atoms with E-state index in [-0.39, 0.29) is 11.9 Å². The Balaban J connectivity index is 2.55. The van der Waals surface area contributed by atoms with Crippen LogP contribution >= 0.6 is 0 Å². The molecule has 1 unspecified atom stereocenters. The van der Waals surface area contributed by atoms with E-state index < -0.39 is 0 Å². The Bertz CT molecular complexity index is 363. The molecule has 0 heterocycles. The number of benzene rings is 1. The molecule has 0 aromatic heterocycles. The summed E-state index contributed by atoms with van der Waals surface area (Å²) in [5.74, 6) is 0.962. The quantitative estimate of drug-likeness (QED) is 0.340. The van der Waals surface area contributed by atoms with Crippen LogP contribution in [-0.4, -0.2) is 30.9 Å². The fourth-order valence-corrected chi connectivity index (χ4v) is 1.43. The minimum atomic E-state index is 0.00919. The molecule has 1 atom stereocenters. The first-order valence-corrected chi connectivity index (χ1v) is 5.36. The third-order valence-electron chi connectivity index (χ3n) is 2.18. The number of hydrogen-bond donors (Lipinski definition) is 2. The van der Waals surface area contributed by atoms with Crippen LogP contribution in [0.5, 0.6) is 5.75 Å². The van der Waals surface area contributed by atoms with Gasteiger partial charge in [-0.2, -0.15) is 0 Å². The Hall–Kier alpha value is -1.75. The van der Waals surface area contributed by atoms with E-state index in [9.17, 15) is 0 Å². The number of amidine groups is 1. The van der Waals surface area contributed by atoms with Crippen molar-refractivity contribution in [3.63, 3.8) is 0 Å². The molecule has 17 heavy (non-hydrogen) atoms. The average molecular weight is 238 g/mol. The normalized spacial score (nSPS) is 13.4. The second kappa shape index (κ2) is 6.75. The molecular formula is C12H18N2O3. The Morgan fingerprint density at radius 2 is 2.06 bits per heavy atom. The van der Waals surface area contributed by atoms with Crippen LogP contribution in [0.2, 0.25) is 0 Å². The fourth-order valence-electron chi connectivity index (χ4n) is 1.43. The SMILES string of the molecule is COCC(C)Oc1ccc(CC(N)=NO)cc1. The Labute approximate surface area is 101 Å². The van der Waals surface area contributed by atoms with Crippen LogP contribution in [0.25, 0.3) is 0 Å². The van der Waals surface area contributed by atoms with Gasteiger partial charge in [0.15, 0.2) is 0 Å². The van der Waals surface area contributed by atoms with Crippen molar-refractivity contribution in [3.05, 3.63) is 29.8 Å². The van der Waals surface area contributed by atoms with E-state index in [0.29, 0.717) is 13.0 Å². The zero-order valence-corrected chi connectivity index (χ0v) is 10.1. The van der Waals surface area contributed by atoms with E-state index in [1.165, 1.54) is 0 Å². The molecule has 0 bridgehead atoms. The molecule has 0 spiro atoms. The van der Waals surface area contributed by atoms with E-state index in [0.717, 1.165) is 11.3 Å². The van der Waals surface area contributed by atoms with Crippen LogP contribution in [0.4, 0.5) is 0 Å². The van der Waals surface area contributed by atoms with Gasteiger partial charge in [0.25, 0.3) is 0 Å². The first-order valence-electron chi connectivity index (χ1n) is 5.36. The number of nitrogens with zero attached hydrogens (tertiary/aromatic N) is 1. The van der Waals surface area contributed by atoms with Gasteiger partial charge in [-0.3, -0.25) is 0 Å². The minimum absolute atomic E-state index is 0.00919. The standard InChI is InChI=1S/C12H18N2O3/c1-9(8-16-2)17-11-5-3-10(4-6-11)7-12(13)14-15/h3-6,9,15H,7-8H2,1-2H3,(H2,13,14). The van der Waals surface area contributed by atoms with Gasteiger partial charge < -0.3 is 20.4 Å². The summed E-state index contributed by atoms with van der Waals surface area (Å²) in [7, 11) is 1.64. The lowest BCUT2D eigenvalue weighted by Gasteiger charge is -2.13. The highest BCUT2D eigenvalue weighted by atomic mass is 16.5. The number of hydrogen-bond acceptors (Lipinski definition) is 4. The molecule has 0 amide bonds. The predicted octanol–water partition coefficient (Wildman–Crippen LogP) is 1.39. The monoisotopic (exact) mass is 238 g/mol. The highest BCUT2D eigenvalue weighted by Gasteiger charge is 2.03. The fraction of sp³-hybridized carbons (Fsp3) is 0.417. The molecule has 0 aliphatic rings. The molecule has 5 nitrogen and oxygen atoms in total. The minimum Gasteiger partial charge on any atom is -0.488 e. The zero-order valence-electron chi connectivity index (χ0n) is 10.1. The smallest absolute Gasteiger partial charge is 0.143 e. The highest BCUT2D eigenvalue weighted by molar-refractivity contribution is 5.82. The van der Waals surface area contributed by atoms with Crippen LogP contribution in [0.15, 0.2) is 29.4 Å². The van der Waals surface area contributed by atoms with Crippen molar-refractivity contribution in [1.29, 1.82) is 0 Å². The maximum Gasteiger partial charge on any atom is 0.143 e. The summed E-state index contributed by atoms with van der Waals surface area (Å²) in [4.78, 5) is 0. The van der Waals surface area contributed by atoms with E-state index in [1.807, 2.05) is 31.2 Å². The number of nitrogens with two attached hydrogens (primary N) is 1. The number of ether oxygens (including phenoxy) is 2. The molecule has 1 aromatic rings. The van der Waals surface area contributed by atoms with Crippen LogP contribution in [0.3, 0.4) is 0 Å². The molecule has 1 rings (SSSR count). The van der Waals surface area contributed by atoms with Gasteiger partial charge in [0.1, 0.15) is 17.7 Å². The first-order chi connectivity index (χ1) is 8.15. The summed E-state index contributed by atoms with van der Waals surface area (Å²) in [6, 6.07) is 7.47. The van der Waals surface area contributed by atoms with Gasteiger partial charge in [-0.25, -0.2) is 0 Å². The van der Waals surface area contributed by atoms with Crippen molar-refractivity contribution >= 4 is 5.84 Å². The van der Waals surface area contributed by atoms with Gasteiger partial charge in [0.05, 0.1) is 6.61 Å². The summed E-state index contributed by atoms with van der Waals surface area (Å²) in [6.07, 6.45) is 0.430. The molecule has 1 aromatic carbocycles. The summed E-state index contributed by atoms with van der Waals surface area (Å²) < 4.78 is 10.6. The molecule has 0 aliphatic carbocycles. The van der Waals surface area contributed by atoms with Gasteiger partial charge in [0, 0.05) is 13.5 Å². The highest BCUT2D eigenvalue weighted by Crippen LogP contribution is 2.14. The lowest BCUT2D eigenvalue weighted by molar-refractivity contribution is 0.0921. The number of methoxy groups -OCH3 is 1. The number of oxime groups is 1. The van der Waals surface area contributed by atoms with Crippen molar-refractivity contribution in [3.8, 4) is 5.75 Å². The van der Waals surface area contributed by atoms with Gasteiger partial charge in [-0.15, -0.1) is 0 Å². The summed E-state index contributed by atoms with van der Waals surface area (Å²) >= 11 is 0. The van der Waals surface area contributed by atoms with E-state index >= 15 is 0 Å². The second-order valence-electron chi connectivity index (χ2n) is 3.80. The Morgan fingerprint density at radius 3 is 2.59 bits per heavy atom. The van der Waals surface area contributed by atoms with Crippen molar-refractivity contribution in [1.82, 2.24) is 0 Å². The van der Waals surface area contributed by atoms with E-state index in [1.54, 1.807) is 7.11 Å². The van der Waals surface area contributed by atoms with E-state index in [2.05, 4.69) is 5.16 Å². The third-order valence-corrected chi connectivity index (χ3v) is 2.18. The van der Waals surface area contributed by atoms with Crippen LogP contribution < -0.4 is 10.5 Å². The van der Waals surface area contributed by atoms with Crippen molar-refractivity contribution in [2.75, 3.05) is 13.7 Å². The summed E-state index contributed by atoms with van der Waals surface area (Å²) in [5.41, 5.74) is 6.38. The topological polar surface area (TPSA) is 77.1 Å². The molecule has 0 saturated heterocycles. The molecule has 94 valence electrons. The second-order valence-corrected chi connectivity index (χ2v) is 3.80. The largest absolute Gasteiger partial charge is 0.488 e. The van der Waals surface area contributed by atoms with Crippen LogP contribution in [0, 0.1) is 0 Å². The Kier molecular flexibility index (Phi) is 5.29. The molecule has 3 N–H and O–H groups in total. The molecular weight excluding hydrogens is 220 g/mol. The lowest BCUT2D eigenvalue weighted by Crippen LogP contribution is -2.18. The maximum atomic E-state index is 8.45. The summed E-state index contributed by atoms with van der Waals surface area (Å²) in [6.45, 7) is 2.49. The van der Waals surface area contributed by atoms with Gasteiger partial charge in [-0.05, 0) is 24.6 Å². The van der Waals surface area contributed by atoms with Crippen LogP contribution in [-0.2, 0) is 11.2 Å². The van der Waals surface area contributed by atoms with Crippen LogP contribution in [0.1, 0.15) is 12.5 Å². The van der Waals surface area contributed by atoms with Crippen molar-refractivity contribution in [2.24, 2.45) is 10.9 Å². The zero-order chi connectivity index (χ0) is 12.7. The molecule has 0 fully saturated rings.